The Morgan fingerprint density at radius 2 is 1.91 bits per heavy atom. The second kappa shape index (κ2) is 2.97. The molecule has 0 amide bonds. The summed E-state index contributed by atoms with van der Waals surface area (Å²) in [6.45, 7) is 0. The average molecular weight is 218 g/mol. The van der Waals surface area contributed by atoms with Crippen LogP contribution >= 0.6 is 15.9 Å². The Labute approximate surface area is 70.4 Å². The van der Waals surface area contributed by atoms with Crippen LogP contribution in [0.1, 0.15) is 5.56 Å². The van der Waals surface area contributed by atoms with Crippen molar-refractivity contribution in [3.8, 4) is 6.07 Å². The van der Waals surface area contributed by atoms with Crippen molar-refractivity contribution in [2.45, 2.75) is 0 Å². The molecule has 0 aliphatic carbocycles. The fourth-order valence-electron chi connectivity index (χ4n) is 0.612. The first-order chi connectivity index (χ1) is 5.16. The van der Waals surface area contributed by atoms with Gasteiger partial charge in [-0.05, 0) is 28.1 Å². The van der Waals surface area contributed by atoms with E-state index in [1.807, 2.05) is 0 Å². The molecule has 11 heavy (non-hydrogen) atoms. The van der Waals surface area contributed by atoms with Crippen LogP contribution in [0, 0.1) is 23.0 Å². The molecule has 0 saturated heterocycles. The van der Waals surface area contributed by atoms with Gasteiger partial charge in [0.15, 0.2) is 11.6 Å². The standard InChI is InChI=1S/C7H2BrF2N/c8-5-2-1-4(3-11)6(9)7(5)10/h1-2H. The average Bonchev–Trinajstić information content (AvgIpc) is 2.01. The zero-order valence-corrected chi connectivity index (χ0v) is 6.82. The Bertz CT molecular complexity index is 330. The number of hydrogen-bond acceptors (Lipinski definition) is 1. The smallest absolute Gasteiger partial charge is 0.177 e. The van der Waals surface area contributed by atoms with Crippen LogP contribution in [0.3, 0.4) is 0 Å². The van der Waals surface area contributed by atoms with Crippen LogP contribution < -0.4 is 0 Å². The maximum absolute atomic E-state index is 12.6. The van der Waals surface area contributed by atoms with Gasteiger partial charge in [0, 0.05) is 0 Å². The molecule has 0 heterocycles. The molecule has 0 aliphatic rings. The minimum absolute atomic E-state index is 0.0222. The van der Waals surface area contributed by atoms with Gasteiger partial charge in [-0.3, -0.25) is 0 Å². The van der Waals surface area contributed by atoms with Crippen molar-refractivity contribution < 1.29 is 8.78 Å². The number of halogens is 3. The summed E-state index contributed by atoms with van der Waals surface area (Å²) in [6.07, 6.45) is 0. The molecule has 1 rings (SSSR count). The van der Waals surface area contributed by atoms with E-state index in [-0.39, 0.29) is 10.0 Å². The lowest BCUT2D eigenvalue weighted by molar-refractivity contribution is 0.502. The molecular weight excluding hydrogens is 216 g/mol. The molecule has 1 nitrogen and oxygen atoms in total. The molecule has 4 heteroatoms. The Hall–Kier alpha value is -0.950. The number of benzene rings is 1. The van der Waals surface area contributed by atoms with Crippen molar-refractivity contribution in [1.29, 1.82) is 5.26 Å². The van der Waals surface area contributed by atoms with E-state index in [1.54, 1.807) is 0 Å². The molecule has 0 saturated carbocycles. The first-order valence-electron chi connectivity index (χ1n) is 2.70. The van der Waals surface area contributed by atoms with Crippen molar-refractivity contribution in [2.24, 2.45) is 0 Å². The van der Waals surface area contributed by atoms with E-state index in [0.29, 0.717) is 0 Å². The van der Waals surface area contributed by atoms with E-state index in [9.17, 15) is 8.78 Å². The maximum atomic E-state index is 12.6. The topological polar surface area (TPSA) is 23.8 Å². The van der Waals surface area contributed by atoms with Crippen LogP contribution in [-0.4, -0.2) is 0 Å². The summed E-state index contributed by atoms with van der Waals surface area (Å²) < 4.78 is 25.3. The van der Waals surface area contributed by atoms with Gasteiger partial charge in [0.1, 0.15) is 6.07 Å². The van der Waals surface area contributed by atoms with Gasteiger partial charge in [0.05, 0.1) is 10.0 Å². The molecular formula is C7H2BrF2N. The summed E-state index contributed by atoms with van der Waals surface area (Å²) in [5, 5.41) is 8.26. The fraction of sp³-hybridized carbons (Fsp3) is 0. The van der Waals surface area contributed by atoms with Crippen LogP contribution in [0.15, 0.2) is 16.6 Å². The number of hydrogen-bond donors (Lipinski definition) is 0. The summed E-state index contributed by atoms with van der Waals surface area (Å²) in [5.74, 6) is -2.13. The lowest BCUT2D eigenvalue weighted by Crippen LogP contribution is -1.89. The third-order valence-corrected chi connectivity index (χ3v) is 1.77. The Morgan fingerprint density at radius 1 is 1.27 bits per heavy atom. The van der Waals surface area contributed by atoms with Gasteiger partial charge < -0.3 is 0 Å². The Morgan fingerprint density at radius 3 is 2.45 bits per heavy atom. The van der Waals surface area contributed by atoms with Crippen molar-refractivity contribution in [1.82, 2.24) is 0 Å². The highest BCUT2D eigenvalue weighted by Gasteiger charge is 2.10. The first kappa shape index (κ1) is 8.15. The zero-order chi connectivity index (χ0) is 8.43. The molecule has 0 fully saturated rings. The van der Waals surface area contributed by atoms with Gasteiger partial charge in [-0.1, -0.05) is 0 Å². The fourth-order valence-corrected chi connectivity index (χ4v) is 0.918. The van der Waals surface area contributed by atoms with Crippen molar-refractivity contribution in [3.63, 3.8) is 0 Å². The highest BCUT2D eigenvalue weighted by molar-refractivity contribution is 9.10. The molecule has 0 N–H and O–H groups in total. The second-order valence-corrected chi connectivity index (χ2v) is 2.69. The Balaban J connectivity index is 3.40. The van der Waals surface area contributed by atoms with Crippen molar-refractivity contribution in [2.75, 3.05) is 0 Å². The van der Waals surface area contributed by atoms with E-state index >= 15 is 0 Å². The van der Waals surface area contributed by atoms with Crippen LogP contribution in [-0.2, 0) is 0 Å². The lowest BCUT2D eigenvalue weighted by Gasteiger charge is -1.96. The lowest BCUT2D eigenvalue weighted by atomic mass is 10.2. The highest BCUT2D eigenvalue weighted by atomic mass is 79.9. The molecule has 0 bridgehead atoms. The predicted molar refractivity (Wildman–Crippen MR) is 38.8 cm³/mol. The van der Waals surface area contributed by atoms with Gasteiger partial charge >= 0.3 is 0 Å². The number of rotatable bonds is 0. The van der Waals surface area contributed by atoms with Gasteiger partial charge in [-0.15, -0.1) is 0 Å². The van der Waals surface area contributed by atoms with Gasteiger partial charge in [0.25, 0.3) is 0 Å². The SMILES string of the molecule is N#Cc1ccc(Br)c(F)c1F. The van der Waals surface area contributed by atoms with Gasteiger partial charge in [-0.25, -0.2) is 8.78 Å². The normalized spacial score (nSPS) is 9.27. The van der Waals surface area contributed by atoms with Gasteiger partial charge in [-0.2, -0.15) is 5.26 Å². The second-order valence-electron chi connectivity index (χ2n) is 1.83. The molecule has 0 unspecified atom stereocenters. The molecule has 0 atom stereocenters. The summed E-state index contributed by atoms with van der Waals surface area (Å²) >= 11 is 2.78. The molecule has 0 radical (unpaired) electrons. The zero-order valence-electron chi connectivity index (χ0n) is 5.24. The van der Waals surface area contributed by atoms with Gasteiger partial charge in [0.2, 0.25) is 0 Å². The first-order valence-corrected chi connectivity index (χ1v) is 3.49. The maximum Gasteiger partial charge on any atom is 0.177 e. The monoisotopic (exact) mass is 217 g/mol. The van der Waals surface area contributed by atoms with E-state index in [4.69, 9.17) is 5.26 Å². The predicted octanol–water partition coefficient (Wildman–Crippen LogP) is 2.60. The summed E-state index contributed by atoms with van der Waals surface area (Å²) in [7, 11) is 0. The largest absolute Gasteiger partial charge is 0.202 e. The summed E-state index contributed by atoms with van der Waals surface area (Å²) in [6, 6.07) is 4.03. The van der Waals surface area contributed by atoms with Crippen LogP contribution in [0.25, 0.3) is 0 Å². The van der Waals surface area contributed by atoms with Crippen LogP contribution in [0.5, 0.6) is 0 Å². The minimum Gasteiger partial charge on any atom is -0.202 e. The number of nitrogens with zero attached hydrogens (tertiary/aromatic N) is 1. The molecule has 0 spiro atoms. The van der Waals surface area contributed by atoms with Crippen molar-refractivity contribution in [3.05, 3.63) is 33.8 Å². The van der Waals surface area contributed by atoms with Crippen molar-refractivity contribution >= 4 is 15.9 Å². The van der Waals surface area contributed by atoms with E-state index in [2.05, 4.69) is 15.9 Å². The third kappa shape index (κ3) is 1.38. The molecule has 1 aromatic carbocycles. The van der Waals surface area contributed by atoms with E-state index in [1.165, 1.54) is 18.2 Å². The molecule has 0 aromatic heterocycles. The molecule has 56 valence electrons. The Kier molecular flexibility index (Phi) is 2.20. The molecule has 1 aromatic rings. The number of nitriles is 1. The van der Waals surface area contributed by atoms with Crippen LogP contribution in [0.4, 0.5) is 8.78 Å². The van der Waals surface area contributed by atoms with E-state index < -0.39 is 11.6 Å². The quantitative estimate of drug-likeness (QED) is 0.614. The third-order valence-electron chi connectivity index (χ3n) is 1.16. The van der Waals surface area contributed by atoms with Crippen LogP contribution in [0.2, 0.25) is 0 Å². The summed E-state index contributed by atoms with van der Waals surface area (Å²) in [4.78, 5) is 0. The van der Waals surface area contributed by atoms with E-state index in [0.717, 1.165) is 0 Å². The highest BCUT2D eigenvalue weighted by Crippen LogP contribution is 2.19. The molecule has 0 aliphatic heterocycles. The summed E-state index contributed by atoms with van der Waals surface area (Å²) in [5.41, 5.74) is -0.286. The minimum atomic E-state index is -1.11.